The quantitative estimate of drug-likeness (QED) is 0.745. The summed E-state index contributed by atoms with van der Waals surface area (Å²) in [6.07, 6.45) is 6.11. The van der Waals surface area contributed by atoms with Gasteiger partial charge in [0.2, 0.25) is 0 Å². The van der Waals surface area contributed by atoms with Crippen molar-refractivity contribution in [1.29, 1.82) is 0 Å². The second-order valence-electron chi connectivity index (χ2n) is 4.79. The van der Waals surface area contributed by atoms with E-state index in [4.69, 9.17) is 11.6 Å². The molecule has 2 unspecified atom stereocenters. The highest BCUT2D eigenvalue weighted by atomic mass is 35.5. The number of halogens is 1. The molecule has 2 nitrogen and oxygen atoms in total. The lowest BCUT2D eigenvalue weighted by Gasteiger charge is -2.12. The van der Waals surface area contributed by atoms with Crippen LogP contribution in [0, 0.1) is 5.92 Å². The average Bonchev–Trinajstić information content (AvgIpc) is 2.86. The molecule has 1 aromatic carbocycles. The zero-order valence-corrected chi connectivity index (χ0v) is 10.6. The molecule has 0 amide bonds. The van der Waals surface area contributed by atoms with Crippen molar-refractivity contribution in [3.8, 4) is 0 Å². The van der Waals surface area contributed by atoms with Crippen LogP contribution < -0.4 is 0 Å². The Labute approximate surface area is 106 Å². The fourth-order valence-corrected chi connectivity index (χ4v) is 3.08. The molecular formula is C14H15ClN2. The third-order valence-corrected chi connectivity index (χ3v) is 4.10. The van der Waals surface area contributed by atoms with Crippen LogP contribution in [0.1, 0.15) is 22.1 Å². The Morgan fingerprint density at radius 3 is 2.94 bits per heavy atom. The lowest BCUT2D eigenvalue weighted by atomic mass is 9.98. The minimum Gasteiger partial charge on any atom is -0.276 e. The van der Waals surface area contributed by atoms with Gasteiger partial charge < -0.3 is 0 Å². The predicted octanol–water partition coefficient (Wildman–Crippen LogP) is 3.12. The molecule has 0 aliphatic heterocycles. The van der Waals surface area contributed by atoms with E-state index in [-0.39, 0.29) is 5.38 Å². The van der Waals surface area contributed by atoms with Gasteiger partial charge in [0, 0.05) is 13.2 Å². The average molecular weight is 247 g/mol. The van der Waals surface area contributed by atoms with Crippen LogP contribution in [0.4, 0.5) is 0 Å². The van der Waals surface area contributed by atoms with Gasteiger partial charge in [0.25, 0.3) is 0 Å². The van der Waals surface area contributed by atoms with E-state index >= 15 is 0 Å². The van der Waals surface area contributed by atoms with E-state index in [1.165, 1.54) is 16.7 Å². The van der Waals surface area contributed by atoms with Crippen molar-refractivity contribution in [1.82, 2.24) is 9.78 Å². The number of hydrogen-bond acceptors (Lipinski definition) is 1. The summed E-state index contributed by atoms with van der Waals surface area (Å²) in [5.74, 6) is 0.498. The van der Waals surface area contributed by atoms with Crippen LogP contribution in [-0.4, -0.2) is 9.78 Å². The van der Waals surface area contributed by atoms with E-state index in [1.807, 2.05) is 17.9 Å². The molecule has 2 atom stereocenters. The van der Waals surface area contributed by atoms with Crippen molar-refractivity contribution in [3.63, 3.8) is 0 Å². The van der Waals surface area contributed by atoms with E-state index in [0.717, 1.165) is 12.8 Å². The van der Waals surface area contributed by atoms with Gasteiger partial charge in [-0.3, -0.25) is 4.68 Å². The second-order valence-corrected chi connectivity index (χ2v) is 5.26. The Morgan fingerprint density at radius 2 is 2.24 bits per heavy atom. The lowest BCUT2D eigenvalue weighted by Crippen LogP contribution is -2.06. The molecule has 1 aliphatic rings. The van der Waals surface area contributed by atoms with Gasteiger partial charge in [-0.15, -0.1) is 11.6 Å². The largest absolute Gasteiger partial charge is 0.276 e. The molecule has 17 heavy (non-hydrogen) atoms. The van der Waals surface area contributed by atoms with Crippen molar-refractivity contribution < 1.29 is 0 Å². The maximum atomic E-state index is 6.54. The number of aromatic nitrogens is 2. The maximum Gasteiger partial charge on any atom is 0.0622 e. The summed E-state index contributed by atoms with van der Waals surface area (Å²) in [6.45, 7) is 0. The van der Waals surface area contributed by atoms with Crippen LogP contribution in [0.2, 0.25) is 0 Å². The minimum absolute atomic E-state index is 0.145. The first-order valence-electron chi connectivity index (χ1n) is 5.93. The minimum atomic E-state index is 0.145. The van der Waals surface area contributed by atoms with Crippen molar-refractivity contribution in [2.75, 3.05) is 0 Å². The van der Waals surface area contributed by atoms with Gasteiger partial charge in [0.1, 0.15) is 0 Å². The number of fused-ring (bicyclic) bond motifs is 1. The second kappa shape index (κ2) is 4.19. The number of hydrogen-bond donors (Lipinski definition) is 0. The molecule has 3 heteroatoms. The molecule has 3 rings (SSSR count). The van der Waals surface area contributed by atoms with E-state index in [9.17, 15) is 0 Å². The Morgan fingerprint density at radius 1 is 1.41 bits per heavy atom. The highest BCUT2D eigenvalue weighted by Gasteiger charge is 2.30. The molecule has 0 fully saturated rings. The summed E-state index contributed by atoms with van der Waals surface area (Å²) in [6, 6.07) is 8.50. The van der Waals surface area contributed by atoms with Crippen molar-refractivity contribution in [3.05, 3.63) is 53.3 Å². The highest BCUT2D eigenvalue weighted by Crippen LogP contribution is 2.42. The van der Waals surface area contributed by atoms with Gasteiger partial charge in [-0.2, -0.15) is 5.10 Å². The van der Waals surface area contributed by atoms with Crippen LogP contribution in [0.15, 0.2) is 36.7 Å². The lowest BCUT2D eigenvalue weighted by molar-refractivity contribution is 0.543. The summed E-state index contributed by atoms with van der Waals surface area (Å²) in [5.41, 5.74) is 3.99. The van der Waals surface area contributed by atoms with E-state index in [1.54, 1.807) is 0 Å². The van der Waals surface area contributed by atoms with E-state index in [0.29, 0.717) is 5.92 Å². The molecule has 1 heterocycles. The van der Waals surface area contributed by atoms with E-state index in [2.05, 4.69) is 35.6 Å². The summed E-state index contributed by atoms with van der Waals surface area (Å²) >= 11 is 6.54. The summed E-state index contributed by atoms with van der Waals surface area (Å²) in [5, 5.41) is 4.35. The molecular weight excluding hydrogens is 232 g/mol. The van der Waals surface area contributed by atoms with Gasteiger partial charge in [0.05, 0.1) is 11.6 Å². The molecule has 0 N–H and O–H groups in total. The van der Waals surface area contributed by atoms with Crippen LogP contribution in [-0.2, 0) is 19.9 Å². The topological polar surface area (TPSA) is 17.8 Å². The Hall–Kier alpha value is -1.28. The number of benzene rings is 1. The van der Waals surface area contributed by atoms with Gasteiger partial charge in [-0.25, -0.2) is 0 Å². The molecule has 0 spiro atoms. The standard InChI is InChI=1S/C14H15ClN2/c1-17-9-10(8-16-17)6-12-7-11-4-2-3-5-13(11)14(12)15/h2-5,8-9,12,14H,6-7H2,1H3. The fourth-order valence-electron chi connectivity index (χ4n) is 2.68. The van der Waals surface area contributed by atoms with Crippen LogP contribution in [0.5, 0.6) is 0 Å². The van der Waals surface area contributed by atoms with Gasteiger partial charge >= 0.3 is 0 Å². The normalized spacial score (nSPS) is 22.7. The molecule has 1 aromatic heterocycles. The van der Waals surface area contributed by atoms with Crippen LogP contribution in [0.3, 0.4) is 0 Å². The Bertz CT molecular complexity index is 533. The smallest absolute Gasteiger partial charge is 0.0622 e. The van der Waals surface area contributed by atoms with Crippen molar-refractivity contribution in [2.45, 2.75) is 18.2 Å². The number of aryl methyl sites for hydroxylation is 1. The summed E-state index contributed by atoms with van der Waals surface area (Å²) < 4.78 is 1.85. The van der Waals surface area contributed by atoms with Crippen LogP contribution in [0.25, 0.3) is 0 Å². The SMILES string of the molecule is Cn1cc(CC2Cc3ccccc3C2Cl)cn1. The van der Waals surface area contributed by atoms with Crippen molar-refractivity contribution in [2.24, 2.45) is 13.0 Å². The molecule has 0 bridgehead atoms. The van der Waals surface area contributed by atoms with Gasteiger partial charge in [-0.1, -0.05) is 24.3 Å². The molecule has 0 radical (unpaired) electrons. The number of rotatable bonds is 2. The number of nitrogens with zero attached hydrogens (tertiary/aromatic N) is 2. The molecule has 0 saturated carbocycles. The Kier molecular flexibility index (Phi) is 2.67. The first-order valence-corrected chi connectivity index (χ1v) is 6.37. The summed E-state index contributed by atoms with van der Waals surface area (Å²) in [4.78, 5) is 0. The van der Waals surface area contributed by atoms with Crippen LogP contribution >= 0.6 is 11.6 Å². The third-order valence-electron chi connectivity index (χ3n) is 3.50. The molecule has 1 aliphatic carbocycles. The zero-order chi connectivity index (χ0) is 11.8. The first-order chi connectivity index (χ1) is 8.24. The maximum absolute atomic E-state index is 6.54. The molecule has 88 valence electrons. The highest BCUT2D eigenvalue weighted by molar-refractivity contribution is 6.21. The van der Waals surface area contributed by atoms with Crippen molar-refractivity contribution >= 4 is 11.6 Å². The Balaban J connectivity index is 1.80. The summed E-state index contributed by atoms with van der Waals surface area (Å²) in [7, 11) is 1.95. The zero-order valence-electron chi connectivity index (χ0n) is 9.81. The van der Waals surface area contributed by atoms with E-state index < -0.39 is 0 Å². The third kappa shape index (κ3) is 1.98. The first kappa shape index (κ1) is 10.8. The van der Waals surface area contributed by atoms with Gasteiger partial charge in [0.15, 0.2) is 0 Å². The van der Waals surface area contributed by atoms with Gasteiger partial charge in [-0.05, 0) is 35.4 Å². The monoisotopic (exact) mass is 246 g/mol. The fraction of sp³-hybridized carbons (Fsp3) is 0.357. The molecule has 0 saturated heterocycles. The molecule has 2 aromatic rings. The predicted molar refractivity (Wildman–Crippen MR) is 69.1 cm³/mol. The number of alkyl halides is 1.